The maximum Gasteiger partial charge on any atom is 0.308 e. The van der Waals surface area contributed by atoms with Crippen LogP contribution in [0.5, 0.6) is 0 Å². The minimum Gasteiger partial charge on any atom is -0.400 e. The van der Waals surface area contributed by atoms with Crippen LogP contribution in [-0.4, -0.2) is 32.1 Å². The third-order valence-electron chi connectivity index (χ3n) is 2.23. The quantitative estimate of drug-likeness (QED) is 0.671. The third-order valence-corrected chi connectivity index (χ3v) is 8.52. The van der Waals surface area contributed by atoms with Gasteiger partial charge in [0, 0.05) is 20.3 Å². The van der Waals surface area contributed by atoms with Crippen molar-refractivity contribution in [2.45, 2.75) is 6.04 Å². The van der Waals surface area contributed by atoms with Crippen LogP contribution in [0.15, 0.2) is 30.3 Å². The van der Waals surface area contributed by atoms with Gasteiger partial charge in [-0.2, -0.15) is 0 Å². The normalized spacial score (nSPS) is 11.8. The summed E-state index contributed by atoms with van der Waals surface area (Å²) in [6.07, 6.45) is 0. The summed E-state index contributed by atoms with van der Waals surface area (Å²) >= 11 is 0. The number of hydrogen-bond donors (Lipinski definition) is 0. The van der Waals surface area contributed by atoms with E-state index < -0.39 is 8.08 Å². The molecule has 1 aromatic carbocycles. The molecule has 0 N–H and O–H groups in total. The van der Waals surface area contributed by atoms with E-state index >= 15 is 0 Å². The van der Waals surface area contributed by atoms with Crippen LogP contribution in [0, 0.1) is 0 Å². The molecule has 0 atom stereocenters. The third kappa shape index (κ3) is 3.07. The first-order chi connectivity index (χ1) is 6.20. The molecule has 0 aromatic heterocycles. The first kappa shape index (κ1) is 10.7. The Hall–Kier alpha value is -0.426. The Balaban J connectivity index is 2.68. The lowest BCUT2D eigenvalue weighted by molar-refractivity contribution is 0.265. The van der Waals surface area contributed by atoms with Crippen molar-refractivity contribution in [2.24, 2.45) is 0 Å². The predicted molar refractivity (Wildman–Crippen MR) is 59.9 cm³/mol. The van der Waals surface area contributed by atoms with Gasteiger partial charge in [0.15, 0.2) is 0 Å². The van der Waals surface area contributed by atoms with Crippen molar-refractivity contribution in [3.05, 3.63) is 35.9 Å². The number of benzene rings is 1. The summed E-state index contributed by atoms with van der Waals surface area (Å²) in [4.78, 5) is 0. The SMILES string of the molecule is CO[Si]([SiH3])(Cc1ccccc1)OC. The Morgan fingerprint density at radius 1 is 1.15 bits per heavy atom. The van der Waals surface area contributed by atoms with Gasteiger partial charge in [-0.25, -0.2) is 0 Å². The second-order valence-corrected chi connectivity index (χ2v) is 11.2. The van der Waals surface area contributed by atoms with E-state index in [0.29, 0.717) is 0 Å². The topological polar surface area (TPSA) is 18.5 Å². The Labute approximate surface area is 83.3 Å². The predicted octanol–water partition coefficient (Wildman–Crippen LogP) is 0.365. The average molecular weight is 212 g/mol. The fourth-order valence-corrected chi connectivity index (χ4v) is 3.85. The fraction of sp³-hybridized carbons (Fsp3) is 0.333. The van der Waals surface area contributed by atoms with Gasteiger partial charge in [0.05, 0.1) is 9.76 Å². The highest BCUT2D eigenvalue weighted by molar-refractivity contribution is 7.09. The highest BCUT2D eigenvalue weighted by Crippen LogP contribution is 2.09. The molecule has 1 rings (SSSR count). The molecule has 0 saturated heterocycles. The molecule has 0 bridgehead atoms. The Morgan fingerprint density at radius 3 is 2.15 bits per heavy atom. The lowest BCUT2D eigenvalue weighted by Crippen LogP contribution is -2.44. The summed E-state index contributed by atoms with van der Waals surface area (Å²) in [5.74, 6) is 0. The monoisotopic (exact) mass is 212 g/mol. The molecule has 2 nitrogen and oxygen atoms in total. The van der Waals surface area contributed by atoms with Gasteiger partial charge >= 0.3 is 8.08 Å². The van der Waals surface area contributed by atoms with Gasteiger partial charge in [0.2, 0.25) is 0 Å². The van der Waals surface area contributed by atoms with Crippen LogP contribution in [0.25, 0.3) is 0 Å². The van der Waals surface area contributed by atoms with Crippen molar-refractivity contribution in [2.75, 3.05) is 14.2 Å². The molecule has 0 spiro atoms. The van der Waals surface area contributed by atoms with E-state index in [4.69, 9.17) is 8.85 Å². The van der Waals surface area contributed by atoms with Crippen molar-refractivity contribution < 1.29 is 8.85 Å². The highest BCUT2D eigenvalue weighted by Gasteiger charge is 2.27. The summed E-state index contributed by atoms with van der Waals surface area (Å²) in [5, 5.41) is 0. The average Bonchev–Trinajstić information content (AvgIpc) is 2.19. The smallest absolute Gasteiger partial charge is 0.308 e. The molecule has 4 heteroatoms. The molecular weight excluding hydrogens is 196 g/mol. The summed E-state index contributed by atoms with van der Waals surface area (Å²) < 4.78 is 10.9. The van der Waals surface area contributed by atoms with Crippen molar-refractivity contribution >= 4 is 17.8 Å². The molecular formula is C9H16O2Si2. The van der Waals surface area contributed by atoms with Crippen molar-refractivity contribution in [1.29, 1.82) is 0 Å². The van der Waals surface area contributed by atoms with Gasteiger partial charge in [-0.15, -0.1) is 0 Å². The molecule has 72 valence electrons. The number of rotatable bonds is 4. The van der Waals surface area contributed by atoms with Crippen LogP contribution in [0.2, 0.25) is 0 Å². The maximum absolute atomic E-state index is 5.47. The van der Waals surface area contributed by atoms with Crippen LogP contribution in [0.3, 0.4) is 0 Å². The molecule has 0 aliphatic rings. The first-order valence-corrected chi connectivity index (χ1v) is 9.87. The van der Waals surface area contributed by atoms with E-state index in [2.05, 4.69) is 24.3 Å². The first-order valence-electron chi connectivity index (χ1n) is 4.34. The molecule has 0 unspecified atom stereocenters. The van der Waals surface area contributed by atoms with Crippen molar-refractivity contribution in [3.63, 3.8) is 0 Å². The van der Waals surface area contributed by atoms with Crippen LogP contribution < -0.4 is 0 Å². The minimum absolute atomic E-state index is 0.965. The largest absolute Gasteiger partial charge is 0.400 e. The van der Waals surface area contributed by atoms with Gasteiger partial charge in [-0.05, 0) is 5.56 Å². The van der Waals surface area contributed by atoms with Crippen LogP contribution in [-0.2, 0) is 14.9 Å². The summed E-state index contributed by atoms with van der Waals surface area (Å²) in [5.41, 5.74) is 1.31. The molecule has 13 heavy (non-hydrogen) atoms. The van der Waals surface area contributed by atoms with E-state index in [0.717, 1.165) is 15.8 Å². The summed E-state index contributed by atoms with van der Waals surface area (Å²) in [6, 6.07) is 11.3. The maximum atomic E-state index is 5.47. The summed E-state index contributed by atoms with van der Waals surface area (Å²) in [6.45, 7) is 0. The zero-order valence-electron chi connectivity index (χ0n) is 8.41. The van der Waals surface area contributed by atoms with Gasteiger partial charge < -0.3 is 8.85 Å². The van der Waals surface area contributed by atoms with Gasteiger partial charge in [0.1, 0.15) is 0 Å². The molecule has 0 aliphatic carbocycles. The van der Waals surface area contributed by atoms with Gasteiger partial charge in [-0.1, -0.05) is 30.3 Å². The van der Waals surface area contributed by atoms with Crippen LogP contribution >= 0.6 is 0 Å². The van der Waals surface area contributed by atoms with E-state index in [9.17, 15) is 0 Å². The zero-order chi connectivity index (χ0) is 9.73. The second-order valence-electron chi connectivity index (χ2n) is 3.20. The lowest BCUT2D eigenvalue weighted by Gasteiger charge is -2.23. The molecule has 0 radical (unpaired) electrons. The second kappa shape index (κ2) is 4.71. The Bertz CT molecular complexity index is 247. The van der Waals surface area contributed by atoms with Crippen LogP contribution in [0.4, 0.5) is 0 Å². The fourth-order valence-electron chi connectivity index (χ4n) is 1.19. The Morgan fingerprint density at radius 2 is 1.69 bits per heavy atom. The zero-order valence-corrected chi connectivity index (χ0v) is 11.4. The molecule has 0 saturated carbocycles. The Kier molecular flexibility index (Phi) is 3.86. The van der Waals surface area contributed by atoms with E-state index in [-0.39, 0.29) is 0 Å². The van der Waals surface area contributed by atoms with E-state index in [1.54, 1.807) is 14.2 Å². The van der Waals surface area contributed by atoms with E-state index in [1.165, 1.54) is 5.56 Å². The lowest BCUT2D eigenvalue weighted by atomic mass is 10.2. The van der Waals surface area contributed by atoms with Gasteiger partial charge in [-0.3, -0.25) is 0 Å². The van der Waals surface area contributed by atoms with E-state index in [1.807, 2.05) is 6.07 Å². The molecule has 0 aliphatic heterocycles. The molecule has 0 amide bonds. The summed E-state index contributed by atoms with van der Waals surface area (Å²) in [7, 11) is 2.71. The van der Waals surface area contributed by atoms with Crippen molar-refractivity contribution in [1.82, 2.24) is 0 Å². The molecule has 1 aromatic rings. The number of hydrogen-bond acceptors (Lipinski definition) is 2. The highest BCUT2D eigenvalue weighted by atomic mass is 29.2. The van der Waals surface area contributed by atoms with Crippen molar-refractivity contribution in [3.8, 4) is 0 Å². The molecule has 0 heterocycles. The van der Waals surface area contributed by atoms with Crippen LogP contribution in [0.1, 0.15) is 5.56 Å². The van der Waals surface area contributed by atoms with Gasteiger partial charge in [0.25, 0.3) is 0 Å². The minimum atomic E-state index is -1.80. The molecule has 0 fully saturated rings. The standard InChI is InChI=1S/C9H16O2Si2/c1-10-13(12,11-2)8-9-6-4-3-5-7-9/h3-7H,8H2,1-2,12H3.